The largest absolute Gasteiger partial charge is 0.465 e. The van der Waals surface area contributed by atoms with E-state index in [-0.39, 0.29) is 5.97 Å². The molecule has 0 radical (unpaired) electrons. The summed E-state index contributed by atoms with van der Waals surface area (Å²) < 4.78 is 4.67. The minimum Gasteiger partial charge on any atom is -0.465 e. The van der Waals surface area contributed by atoms with Crippen LogP contribution in [0.25, 0.3) is 0 Å². The zero-order valence-corrected chi connectivity index (χ0v) is 11.6. The van der Waals surface area contributed by atoms with Crippen molar-refractivity contribution in [1.29, 1.82) is 0 Å². The van der Waals surface area contributed by atoms with Gasteiger partial charge in [0.1, 0.15) is 0 Å². The summed E-state index contributed by atoms with van der Waals surface area (Å²) in [6.45, 7) is 0.933. The Kier molecular flexibility index (Phi) is 5.18. The Bertz CT molecular complexity index is 535. The molecular weight excluding hydrogens is 250 g/mol. The second kappa shape index (κ2) is 7.34. The van der Waals surface area contributed by atoms with E-state index >= 15 is 0 Å². The first-order valence-corrected chi connectivity index (χ1v) is 6.76. The third kappa shape index (κ3) is 4.12. The molecule has 0 saturated carbocycles. The highest BCUT2D eigenvalue weighted by atomic mass is 16.5. The Hall–Kier alpha value is -2.29. The summed E-state index contributed by atoms with van der Waals surface area (Å²) in [6, 6.07) is 17.8. The zero-order chi connectivity index (χ0) is 14.2. The molecule has 2 rings (SSSR count). The molecule has 3 nitrogen and oxygen atoms in total. The van der Waals surface area contributed by atoms with Crippen LogP contribution in [0.1, 0.15) is 22.3 Å². The molecule has 0 spiro atoms. The number of anilines is 1. The Morgan fingerprint density at radius 2 is 1.75 bits per heavy atom. The van der Waals surface area contributed by atoms with Gasteiger partial charge >= 0.3 is 5.97 Å². The van der Waals surface area contributed by atoms with Crippen molar-refractivity contribution in [2.75, 3.05) is 19.0 Å². The molecule has 0 amide bonds. The van der Waals surface area contributed by atoms with Crippen LogP contribution in [0.5, 0.6) is 0 Å². The van der Waals surface area contributed by atoms with Gasteiger partial charge in [-0.3, -0.25) is 0 Å². The zero-order valence-electron chi connectivity index (χ0n) is 11.6. The number of nitrogens with one attached hydrogen (secondary N) is 1. The first kappa shape index (κ1) is 14.1. The van der Waals surface area contributed by atoms with Gasteiger partial charge in [-0.2, -0.15) is 0 Å². The highest BCUT2D eigenvalue weighted by Gasteiger charge is 2.03. The summed E-state index contributed by atoms with van der Waals surface area (Å²) in [4.78, 5) is 11.3. The molecule has 1 N–H and O–H groups in total. The normalized spacial score (nSPS) is 10.1. The van der Waals surface area contributed by atoms with Crippen LogP contribution in [0.3, 0.4) is 0 Å². The van der Waals surface area contributed by atoms with Gasteiger partial charge in [0.05, 0.1) is 12.7 Å². The van der Waals surface area contributed by atoms with Crippen molar-refractivity contribution in [1.82, 2.24) is 0 Å². The lowest BCUT2D eigenvalue weighted by atomic mass is 10.1. The number of benzene rings is 2. The number of hydrogen-bond acceptors (Lipinski definition) is 3. The number of carbonyl (C=O) groups excluding carboxylic acids is 1. The molecule has 2 aromatic carbocycles. The van der Waals surface area contributed by atoms with Crippen molar-refractivity contribution in [2.45, 2.75) is 12.8 Å². The monoisotopic (exact) mass is 269 g/mol. The molecule has 0 unspecified atom stereocenters. The first-order valence-electron chi connectivity index (χ1n) is 6.76. The van der Waals surface area contributed by atoms with Crippen molar-refractivity contribution in [3.05, 3.63) is 65.7 Å². The summed E-state index contributed by atoms with van der Waals surface area (Å²) in [6.07, 6.45) is 2.04. The Labute approximate surface area is 119 Å². The van der Waals surface area contributed by atoms with E-state index in [1.807, 2.05) is 42.5 Å². The van der Waals surface area contributed by atoms with E-state index in [1.54, 1.807) is 0 Å². The predicted octanol–water partition coefficient (Wildman–Crippen LogP) is 3.52. The maximum atomic E-state index is 11.3. The van der Waals surface area contributed by atoms with Gasteiger partial charge in [-0.1, -0.05) is 30.3 Å². The van der Waals surface area contributed by atoms with Crippen LogP contribution in [0.2, 0.25) is 0 Å². The second-order valence-electron chi connectivity index (χ2n) is 4.58. The third-order valence-corrected chi connectivity index (χ3v) is 3.12. The molecular formula is C17H19NO2. The van der Waals surface area contributed by atoms with E-state index in [9.17, 15) is 4.79 Å². The standard InChI is InChI=1S/C17H19NO2/c1-20-17(19)15-11-9-14(10-12-15)6-5-13-18-16-7-3-2-4-8-16/h2-4,7-12,18H,5-6,13H2,1H3. The number of aryl methyl sites for hydroxylation is 1. The van der Waals surface area contributed by atoms with E-state index in [2.05, 4.69) is 22.2 Å². The lowest BCUT2D eigenvalue weighted by Crippen LogP contribution is -2.03. The van der Waals surface area contributed by atoms with Gasteiger partial charge in [-0.25, -0.2) is 4.79 Å². The summed E-state index contributed by atoms with van der Waals surface area (Å²) in [5.74, 6) is -0.290. The molecule has 0 fully saturated rings. The maximum absolute atomic E-state index is 11.3. The highest BCUT2D eigenvalue weighted by molar-refractivity contribution is 5.89. The second-order valence-corrected chi connectivity index (χ2v) is 4.58. The fourth-order valence-electron chi connectivity index (χ4n) is 2.01. The molecule has 104 valence electrons. The summed E-state index contributed by atoms with van der Waals surface area (Å²) in [5, 5.41) is 3.38. The third-order valence-electron chi connectivity index (χ3n) is 3.12. The molecule has 0 aliphatic rings. The molecule has 0 heterocycles. The highest BCUT2D eigenvalue weighted by Crippen LogP contribution is 2.09. The number of methoxy groups -OCH3 is 1. The minimum atomic E-state index is -0.290. The first-order chi connectivity index (χ1) is 9.79. The maximum Gasteiger partial charge on any atom is 0.337 e. The molecule has 0 aliphatic carbocycles. The lowest BCUT2D eigenvalue weighted by molar-refractivity contribution is 0.0600. The number of hydrogen-bond donors (Lipinski definition) is 1. The average Bonchev–Trinajstić information content (AvgIpc) is 2.52. The van der Waals surface area contributed by atoms with E-state index in [1.165, 1.54) is 12.7 Å². The number of ether oxygens (including phenoxy) is 1. The fourth-order valence-corrected chi connectivity index (χ4v) is 2.01. The van der Waals surface area contributed by atoms with Crippen LogP contribution >= 0.6 is 0 Å². The summed E-state index contributed by atoms with van der Waals surface area (Å²) >= 11 is 0. The van der Waals surface area contributed by atoms with Crippen molar-refractivity contribution in [2.24, 2.45) is 0 Å². The van der Waals surface area contributed by atoms with E-state index < -0.39 is 0 Å². The van der Waals surface area contributed by atoms with Gasteiger partial charge in [-0.15, -0.1) is 0 Å². The molecule has 3 heteroatoms. The predicted molar refractivity (Wildman–Crippen MR) is 81.0 cm³/mol. The minimum absolute atomic E-state index is 0.290. The van der Waals surface area contributed by atoms with Gasteiger partial charge in [0.25, 0.3) is 0 Å². The molecule has 0 aliphatic heterocycles. The van der Waals surface area contributed by atoms with Crippen LogP contribution in [-0.4, -0.2) is 19.6 Å². The van der Waals surface area contributed by atoms with Gasteiger partial charge in [-0.05, 0) is 42.7 Å². The van der Waals surface area contributed by atoms with Crippen LogP contribution in [0.15, 0.2) is 54.6 Å². The molecule has 0 atom stereocenters. The van der Waals surface area contributed by atoms with Gasteiger partial charge < -0.3 is 10.1 Å². The number of para-hydroxylation sites is 1. The summed E-state index contributed by atoms with van der Waals surface area (Å²) in [7, 11) is 1.39. The fraction of sp³-hybridized carbons (Fsp3) is 0.235. The average molecular weight is 269 g/mol. The van der Waals surface area contributed by atoms with E-state index in [4.69, 9.17) is 0 Å². The Morgan fingerprint density at radius 3 is 2.40 bits per heavy atom. The smallest absolute Gasteiger partial charge is 0.337 e. The van der Waals surface area contributed by atoms with Crippen LogP contribution in [0, 0.1) is 0 Å². The topological polar surface area (TPSA) is 38.3 Å². The molecule has 2 aromatic rings. The van der Waals surface area contributed by atoms with Crippen molar-refractivity contribution in [3.63, 3.8) is 0 Å². The Morgan fingerprint density at radius 1 is 1.05 bits per heavy atom. The van der Waals surface area contributed by atoms with E-state index in [0.29, 0.717) is 5.56 Å². The lowest BCUT2D eigenvalue weighted by Gasteiger charge is -2.06. The van der Waals surface area contributed by atoms with Gasteiger partial charge in [0.2, 0.25) is 0 Å². The molecule has 0 aromatic heterocycles. The van der Waals surface area contributed by atoms with Crippen LogP contribution in [0.4, 0.5) is 5.69 Å². The molecule has 0 bridgehead atoms. The quantitative estimate of drug-likeness (QED) is 0.644. The van der Waals surface area contributed by atoms with Crippen LogP contribution < -0.4 is 5.32 Å². The molecule has 0 saturated heterocycles. The molecule has 20 heavy (non-hydrogen) atoms. The number of esters is 1. The SMILES string of the molecule is COC(=O)c1ccc(CCCNc2ccccc2)cc1. The Balaban J connectivity index is 1.75. The van der Waals surface area contributed by atoms with Crippen molar-refractivity contribution in [3.8, 4) is 0 Å². The van der Waals surface area contributed by atoms with Crippen LogP contribution in [-0.2, 0) is 11.2 Å². The van der Waals surface area contributed by atoms with E-state index in [0.717, 1.165) is 25.1 Å². The van der Waals surface area contributed by atoms with Crippen molar-refractivity contribution < 1.29 is 9.53 Å². The van der Waals surface area contributed by atoms with Gasteiger partial charge in [0.15, 0.2) is 0 Å². The van der Waals surface area contributed by atoms with Crippen molar-refractivity contribution >= 4 is 11.7 Å². The summed E-state index contributed by atoms with van der Waals surface area (Å²) in [5.41, 5.74) is 2.97. The number of rotatable bonds is 6. The number of carbonyl (C=O) groups is 1. The van der Waals surface area contributed by atoms with Gasteiger partial charge in [0, 0.05) is 12.2 Å².